The Balaban J connectivity index is 2.06. The Kier molecular flexibility index (Phi) is 7.41. The fraction of sp³-hybridized carbons (Fsp3) is 0.818. The molecule has 3 rings (SSSR count). The molecule has 1 nitrogen and oxygen atoms in total. The van der Waals surface area contributed by atoms with Gasteiger partial charge in [-0.1, -0.05) is 51.9 Å². The van der Waals surface area contributed by atoms with Gasteiger partial charge in [-0.3, -0.25) is 0 Å². The van der Waals surface area contributed by atoms with E-state index in [4.69, 9.17) is 0 Å². The first kappa shape index (κ1) is 20.9. The Morgan fingerprint density at radius 1 is 0.926 bits per heavy atom. The minimum atomic E-state index is -3.17. The van der Waals surface area contributed by atoms with Crippen molar-refractivity contribution >= 4 is 0 Å². The molecule has 0 saturated heterocycles. The van der Waals surface area contributed by atoms with Crippen LogP contribution in [-0.2, 0) is 4.74 Å². The predicted molar refractivity (Wildman–Crippen MR) is 99.0 cm³/mol. The van der Waals surface area contributed by atoms with Crippen molar-refractivity contribution in [2.24, 2.45) is 11.8 Å². The Labute approximate surface area is 160 Å². The maximum Gasteiger partial charge on any atom is 0.346 e. The van der Waals surface area contributed by atoms with Gasteiger partial charge in [-0.2, -0.15) is 8.78 Å². The lowest BCUT2D eigenvalue weighted by Gasteiger charge is -2.39. The van der Waals surface area contributed by atoms with E-state index in [1.165, 1.54) is 0 Å². The van der Waals surface area contributed by atoms with Crippen LogP contribution in [0.2, 0.25) is 0 Å². The van der Waals surface area contributed by atoms with Crippen LogP contribution in [0.25, 0.3) is 0 Å². The first-order valence-electron chi connectivity index (χ1n) is 10.7. The normalized spacial score (nSPS) is 29.1. The van der Waals surface area contributed by atoms with Gasteiger partial charge < -0.3 is 4.74 Å². The molecule has 5 heteroatoms. The summed E-state index contributed by atoms with van der Waals surface area (Å²) >= 11 is 0. The van der Waals surface area contributed by atoms with E-state index in [9.17, 15) is 8.78 Å². The SMILES string of the molecule is CCCC1=C(C2CCCCC2)[C@H](F)C(OC(F)F)C(F)=C1C1CCCCC1. The summed E-state index contributed by atoms with van der Waals surface area (Å²) in [6.45, 7) is -1.16. The summed E-state index contributed by atoms with van der Waals surface area (Å²) in [7, 11) is 0. The van der Waals surface area contributed by atoms with Crippen molar-refractivity contribution in [2.75, 3.05) is 0 Å². The number of alkyl halides is 3. The predicted octanol–water partition coefficient (Wildman–Crippen LogP) is 7.43. The third kappa shape index (κ3) is 4.60. The summed E-state index contributed by atoms with van der Waals surface area (Å²) < 4.78 is 61.2. The second kappa shape index (κ2) is 9.58. The van der Waals surface area contributed by atoms with Crippen molar-refractivity contribution in [1.82, 2.24) is 0 Å². The third-order valence-electron chi connectivity index (χ3n) is 6.55. The highest BCUT2D eigenvalue weighted by molar-refractivity contribution is 5.47. The van der Waals surface area contributed by atoms with E-state index in [1.807, 2.05) is 6.92 Å². The molecule has 3 aliphatic carbocycles. The van der Waals surface area contributed by atoms with Gasteiger partial charge in [0.25, 0.3) is 0 Å². The molecular weight excluding hydrogens is 356 g/mol. The maximum atomic E-state index is 15.4. The molecule has 27 heavy (non-hydrogen) atoms. The van der Waals surface area contributed by atoms with Crippen LogP contribution in [0.5, 0.6) is 0 Å². The fourth-order valence-electron chi connectivity index (χ4n) is 5.40. The van der Waals surface area contributed by atoms with Crippen LogP contribution >= 0.6 is 0 Å². The van der Waals surface area contributed by atoms with E-state index in [1.54, 1.807) is 0 Å². The molecule has 0 aliphatic heterocycles. The number of halogens is 4. The first-order valence-corrected chi connectivity index (χ1v) is 10.7. The molecule has 2 atom stereocenters. The van der Waals surface area contributed by atoms with Crippen molar-refractivity contribution in [1.29, 1.82) is 0 Å². The van der Waals surface area contributed by atoms with Gasteiger partial charge in [0.1, 0.15) is 5.83 Å². The lowest BCUT2D eigenvalue weighted by atomic mass is 9.69. The molecule has 0 aromatic carbocycles. The molecule has 3 aliphatic rings. The van der Waals surface area contributed by atoms with Crippen molar-refractivity contribution in [3.63, 3.8) is 0 Å². The van der Waals surface area contributed by atoms with Crippen molar-refractivity contribution in [2.45, 2.75) is 103 Å². The highest BCUT2D eigenvalue weighted by atomic mass is 19.3. The Hall–Kier alpha value is -0.840. The van der Waals surface area contributed by atoms with E-state index < -0.39 is 24.7 Å². The van der Waals surface area contributed by atoms with Crippen LogP contribution in [0.3, 0.4) is 0 Å². The average Bonchev–Trinajstić information content (AvgIpc) is 2.67. The standard InChI is InChI=1S/C22H32F4O/c1-2-9-16-17(14-10-5-3-6-11-14)19(23)21(27-22(25)26)20(24)18(16)15-12-7-4-8-13-15/h14-15,19,21-22H,2-13H2,1H3/t19-,21?/m0/s1. The largest absolute Gasteiger partial charge is 0.346 e. The van der Waals surface area contributed by atoms with Crippen molar-refractivity contribution in [3.8, 4) is 0 Å². The van der Waals surface area contributed by atoms with E-state index in [0.717, 1.165) is 76.2 Å². The van der Waals surface area contributed by atoms with Crippen LogP contribution in [-0.4, -0.2) is 18.9 Å². The molecule has 0 spiro atoms. The first-order chi connectivity index (χ1) is 13.0. The summed E-state index contributed by atoms with van der Waals surface area (Å²) in [5.41, 5.74) is 1.91. The molecule has 0 radical (unpaired) electrons. The summed E-state index contributed by atoms with van der Waals surface area (Å²) in [6, 6.07) is 0. The van der Waals surface area contributed by atoms with E-state index in [0.29, 0.717) is 17.6 Å². The minimum absolute atomic E-state index is 0.00941. The molecule has 2 saturated carbocycles. The summed E-state index contributed by atoms with van der Waals surface area (Å²) in [5, 5.41) is 0. The summed E-state index contributed by atoms with van der Waals surface area (Å²) in [4.78, 5) is 0. The van der Waals surface area contributed by atoms with E-state index >= 15 is 8.78 Å². The molecule has 0 N–H and O–H groups in total. The van der Waals surface area contributed by atoms with E-state index in [-0.39, 0.29) is 11.8 Å². The molecule has 0 aromatic heterocycles. The molecule has 0 amide bonds. The van der Waals surface area contributed by atoms with Gasteiger partial charge in [0.15, 0.2) is 12.3 Å². The molecule has 0 aromatic rings. The number of allylic oxidation sites excluding steroid dienone is 2. The summed E-state index contributed by atoms with van der Waals surface area (Å²) in [6.07, 6.45) is 7.59. The van der Waals surface area contributed by atoms with Gasteiger partial charge in [0.2, 0.25) is 0 Å². The number of rotatable bonds is 6. The second-order valence-electron chi connectivity index (χ2n) is 8.33. The van der Waals surface area contributed by atoms with Gasteiger partial charge in [0.05, 0.1) is 0 Å². The number of hydrogen-bond donors (Lipinski definition) is 0. The molecule has 0 bridgehead atoms. The quantitative estimate of drug-likeness (QED) is 0.430. The van der Waals surface area contributed by atoms with Crippen LogP contribution in [0.1, 0.15) is 84.0 Å². The summed E-state index contributed by atoms with van der Waals surface area (Å²) in [5.74, 6) is -0.723. The van der Waals surface area contributed by atoms with Crippen molar-refractivity contribution < 1.29 is 22.3 Å². The Morgan fingerprint density at radius 3 is 2.00 bits per heavy atom. The Morgan fingerprint density at radius 2 is 1.48 bits per heavy atom. The lowest BCUT2D eigenvalue weighted by molar-refractivity contribution is -0.170. The Bertz CT molecular complexity index is 557. The van der Waals surface area contributed by atoms with Crippen LogP contribution < -0.4 is 0 Å². The zero-order chi connectivity index (χ0) is 19.4. The topological polar surface area (TPSA) is 9.23 Å². The molecule has 154 valence electrons. The average molecular weight is 388 g/mol. The third-order valence-corrected chi connectivity index (χ3v) is 6.55. The van der Waals surface area contributed by atoms with Crippen molar-refractivity contribution in [3.05, 3.63) is 22.5 Å². The highest BCUT2D eigenvalue weighted by Gasteiger charge is 2.44. The number of ether oxygens (including phenoxy) is 1. The molecule has 0 heterocycles. The lowest BCUT2D eigenvalue weighted by Crippen LogP contribution is -2.38. The highest BCUT2D eigenvalue weighted by Crippen LogP contribution is 2.48. The van der Waals surface area contributed by atoms with Gasteiger partial charge in [-0.25, -0.2) is 8.78 Å². The molecular formula is C22H32F4O. The van der Waals surface area contributed by atoms with Gasteiger partial charge in [-0.05, 0) is 60.7 Å². The van der Waals surface area contributed by atoms with Gasteiger partial charge in [-0.15, -0.1) is 0 Å². The van der Waals surface area contributed by atoms with Gasteiger partial charge in [0, 0.05) is 0 Å². The van der Waals surface area contributed by atoms with Gasteiger partial charge >= 0.3 is 6.61 Å². The minimum Gasteiger partial charge on any atom is -0.309 e. The number of hydrogen-bond acceptors (Lipinski definition) is 1. The van der Waals surface area contributed by atoms with Crippen LogP contribution in [0, 0.1) is 11.8 Å². The van der Waals surface area contributed by atoms with Crippen LogP contribution in [0.4, 0.5) is 17.6 Å². The molecule has 1 unspecified atom stereocenters. The molecule has 2 fully saturated rings. The monoisotopic (exact) mass is 388 g/mol. The maximum absolute atomic E-state index is 15.4. The van der Waals surface area contributed by atoms with Crippen LogP contribution in [0.15, 0.2) is 22.5 Å². The second-order valence-corrected chi connectivity index (χ2v) is 8.33. The van der Waals surface area contributed by atoms with E-state index in [2.05, 4.69) is 4.74 Å². The fourth-order valence-corrected chi connectivity index (χ4v) is 5.40. The smallest absolute Gasteiger partial charge is 0.309 e. The zero-order valence-electron chi connectivity index (χ0n) is 16.3. The zero-order valence-corrected chi connectivity index (χ0v) is 16.3.